The van der Waals surface area contributed by atoms with Crippen LogP contribution in [0.2, 0.25) is 0 Å². The average molecular weight is 299 g/mol. The Balaban J connectivity index is 1.41. The average Bonchev–Trinajstić information content (AvgIpc) is 2.86. The first-order chi connectivity index (χ1) is 10.6. The largest absolute Gasteiger partial charge is 0.481 e. The summed E-state index contributed by atoms with van der Waals surface area (Å²) in [4.78, 5) is 23.6. The Kier molecular flexibility index (Phi) is 3.03. The standard InChI is InChI=1S/C18H21NO3/c20-16(19-13-6-5-12(9-13)17(21)22)15-10-18(15)8-7-11-3-1-2-4-14(11)18/h1-4,12-13,15H,5-10H2,(H,19,20)(H,21,22)/t12-,13+,15?,18?/m1/s1. The van der Waals surface area contributed by atoms with Crippen LogP contribution in [0.3, 0.4) is 0 Å². The van der Waals surface area contributed by atoms with Crippen molar-refractivity contribution in [2.45, 2.75) is 50.0 Å². The number of benzene rings is 1. The fourth-order valence-corrected chi connectivity index (χ4v) is 4.58. The van der Waals surface area contributed by atoms with Gasteiger partial charge in [0.1, 0.15) is 0 Å². The second kappa shape index (κ2) is 4.83. The van der Waals surface area contributed by atoms with E-state index in [9.17, 15) is 9.59 Å². The molecule has 1 aromatic carbocycles. The molecular weight excluding hydrogens is 278 g/mol. The molecule has 1 spiro atoms. The maximum atomic E-state index is 12.6. The summed E-state index contributed by atoms with van der Waals surface area (Å²) in [5, 5.41) is 12.2. The van der Waals surface area contributed by atoms with Crippen molar-refractivity contribution in [2.24, 2.45) is 11.8 Å². The predicted octanol–water partition coefficient (Wildman–Crippen LogP) is 2.26. The summed E-state index contributed by atoms with van der Waals surface area (Å²) in [6, 6.07) is 8.52. The predicted molar refractivity (Wildman–Crippen MR) is 81.5 cm³/mol. The zero-order valence-corrected chi connectivity index (χ0v) is 12.5. The highest BCUT2D eigenvalue weighted by Crippen LogP contribution is 2.61. The third-order valence-electron chi connectivity index (χ3n) is 5.91. The smallest absolute Gasteiger partial charge is 0.306 e. The van der Waals surface area contributed by atoms with Gasteiger partial charge in [0.05, 0.1) is 5.92 Å². The maximum absolute atomic E-state index is 12.6. The molecule has 4 atom stereocenters. The van der Waals surface area contributed by atoms with Crippen LogP contribution in [0.15, 0.2) is 24.3 Å². The molecule has 2 saturated carbocycles. The molecule has 4 nitrogen and oxygen atoms in total. The van der Waals surface area contributed by atoms with Gasteiger partial charge in [0.2, 0.25) is 5.91 Å². The first kappa shape index (κ1) is 13.8. The second-order valence-corrected chi connectivity index (χ2v) is 7.12. The van der Waals surface area contributed by atoms with Crippen LogP contribution in [-0.4, -0.2) is 23.0 Å². The molecule has 2 unspecified atom stereocenters. The molecule has 2 N–H and O–H groups in total. The van der Waals surface area contributed by atoms with Crippen molar-refractivity contribution in [3.05, 3.63) is 35.4 Å². The number of amides is 1. The number of nitrogens with one attached hydrogen (secondary N) is 1. The van der Waals surface area contributed by atoms with E-state index in [1.54, 1.807) is 0 Å². The van der Waals surface area contributed by atoms with Crippen molar-refractivity contribution in [2.75, 3.05) is 0 Å². The van der Waals surface area contributed by atoms with E-state index in [2.05, 4.69) is 29.6 Å². The summed E-state index contributed by atoms with van der Waals surface area (Å²) < 4.78 is 0. The molecule has 2 fully saturated rings. The van der Waals surface area contributed by atoms with Gasteiger partial charge in [-0.25, -0.2) is 0 Å². The highest BCUT2D eigenvalue weighted by molar-refractivity contribution is 5.85. The Morgan fingerprint density at radius 2 is 2.05 bits per heavy atom. The molecular formula is C18H21NO3. The minimum Gasteiger partial charge on any atom is -0.481 e. The van der Waals surface area contributed by atoms with E-state index in [0.29, 0.717) is 12.8 Å². The molecule has 0 saturated heterocycles. The monoisotopic (exact) mass is 299 g/mol. The molecule has 0 bridgehead atoms. The SMILES string of the molecule is O=C(N[C@H]1CC[C@@H](C(=O)O)C1)C1CC12CCc1ccccc12. The molecule has 1 amide bonds. The lowest BCUT2D eigenvalue weighted by Crippen LogP contribution is -2.36. The zero-order valence-electron chi connectivity index (χ0n) is 12.5. The quantitative estimate of drug-likeness (QED) is 0.899. The minimum atomic E-state index is -0.732. The van der Waals surface area contributed by atoms with Gasteiger partial charge in [-0.1, -0.05) is 24.3 Å². The van der Waals surface area contributed by atoms with Crippen LogP contribution >= 0.6 is 0 Å². The van der Waals surface area contributed by atoms with Crippen LogP contribution in [0.4, 0.5) is 0 Å². The normalized spacial score (nSPS) is 35.4. The van der Waals surface area contributed by atoms with Crippen LogP contribution < -0.4 is 5.32 Å². The number of carboxylic acids is 1. The summed E-state index contributed by atoms with van der Waals surface area (Å²) in [5.74, 6) is -0.803. The molecule has 22 heavy (non-hydrogen) atoms. The van der Waals surface area contributed by atoms with Crippen molar-refractivity contribution < 1.29 is 14.7 Å². The van der Waals surface area contributed by atoms with Crippen molar-refractivity contribution in [3.8, 4) is 0 Å². The van der Waals surface area contributed by atoms with Crippen molar-refractivity contribution in [3.63, 3.8) is 0 Å². The highest BCUT2D eigenvalue weighted by atomic mass is 16.4. The first-order valence-electron chi connectivity index (χ1n) is 8.22. The van der Waals surface area contributed by atoms with E-state index >= 15 is 0 Å². The first-order valence-corrected chi connectivity index (χ1v) is 8.22. The van der Waals surface area contributed by atoms with Crippen LogP contribution in [0.25, 0.3) is 0 Å². The van der Waals surface area contributed by atoms with Gasteiger partial charge >= 0.3 is 5.97 Å². The number of rotatable bonds is 3. The lowest BCUT2D eigenvalue weighted by atomic mass is 9.95. The summed E-state index contributed by atoms with van der Waals surface area (Å²) >= 11 is 0. The zero-order chi connectivity index (χ0) is 15.3. The van der Waals surface area contributed by atoms with Crippen molar-refractivity contribution >= 4 is 11.9 Å². The fourth-order valence-electron chi connectivity index (χ4n) is 4.58. The number of hydrogen-bond donors (Lipinski definition) is 2. The van der Waals surface area contributed by atoms with Gasteiger partial charge < -0.3 is 10.4 Å². The summed E-state index contributed by atoms with van der Waals surface area (Å²) in [6.45, 7) is 0. The number of aryl methyl sites for hydroxylation is 1. The number of aliphatic carboxylic acids is 1. The number of fused-ring (bicyclic) bond motifs is 2. The van der Waals surface area contributed by atoms with E-state index < -0.39 is 5.97 Å². The molecule has 3 aliphatic carbocycles. The third kappa shape index (κ3) is 2.04. The highest BCUT2D eigenvalue weighted by Gasteiger charge is 2.61. The molecule has 0 heterocycles. The molecule has 4 heteroatoms. The fraction of sp³-hybridized carbons (Fsp3) is 0.556. The Morgan fingerprint density at radius 3 is 2.82 bits per heavy atom. The Bertz CT molecular complexity index is 641. The molecule has 0 aliphatic heterocycles. The molecule has 116 valence electrons. The second-order valence-electron chi connectivity index (χ2n) is 7.12. The van der Waals surface area contributed by atoms with E-state index in [4.69, 9.17) is 5.11 Å². The lowest BCUT2D eigenvalue weighted by molar-refractivity contribution is -0.141. The van der Waals surface area contributed by atoms with Gasteiger partial charge in [0.15, 0.2) is 0 Å². The molecule has 1 aromatic rings. The van der Waals surface area contributed by atoms with E-state index in [-0.39, 0.29) is 29.2 Å². The van der Waals surface area contributed by atoms with E-state index in [1.807, 2.05) is 0 Å². The number of carboxylic acid groups (broad SMARTS) is 1. The van der Waals surface area contributed by atoms with Gasteiger partial charge in [-0.3, -0.25) is 9.59 Å². The van der Waals surface area contributed by atoms with Gasteiger partial charge in [-0.05, 0) is 49.7 Å². The molecule has 4 rings (SSSR count). The number of carbonyl (C=O) groups is 2. The van der Waals surface area contributed by atoms with Crippen molar-refractivity contribution in [1.29, 1.82) is 0 Å². The van der Waals surface area contributed by atoms with Gasteiger partial charge in [-0.2, -0.15) is 0 Å². The molecule has 0 aromatic heterocycles. The van der Waals surface area contributed by atoms with Crippen LogP contribution in [0.5, 0.6) is 0 Å². The molecule has 0 radical (unpaired) electrons. The van der Waals surface area contributed by atoms with Crippen molar-refractivity contribution in [1.82, 2.24) is 5.32 Å². The van der Waals surface area contributed by atoms with Gasteiger partial charge in [-0.15, -0.1) is 0 Å². The summed E-state index contributed by atoms with van der Waals surface area (Å²) in [7, 11) is 0. The topological polar surface area (TPSA) is 66.4 Å². The number of carbonyl (C=O) groups excluding carboxylic acids is 1. The van der Waals surface area contributed by atoms with Crippen LogP contribution in [0.1, 0.15) is 43.2 Å². The number of hydrogen-bond acceptors (Lipinski definition) is 2. The summed E-state index contributed by atoms with van der Waals surface area (Å²) in [5.41, 5.74) is 2.83. The van der Waals surface area contributed by atoms with Gasteiger partial charge in [0.25, 0.3) is 0 Å². The maximum Gasteiger partial charge on any atom is 0.306 e. The van der Waals surface area contributed by atoms with Crippen LogP contribution in [-0.2, 0) is 21.4 Å². The van der Waals surface area contributed by atoms with Crippen LogP contribution in [0, 0.1) is 11.8 Å². The lowest BCUT2D eigenvalue weighted by Gasteiger charge is -2.15. The summed E-state index contributed by atoms with van der Waals surface area (Å²) in [6.07, 6.45) is 5.15. The van der Waals surface area contributed by atoms with E-state index in [0.717, 1.165) is 25.7 Å². The Morgan fingerprint density at radius 1 is 1.23 bits per heavy atom. The van der Waals surface area contributed by atoms with E-state index in [1.165, 1.54) is 11.1 Å². The third-order valence-corrected chi connectivity index (χ3v) is 5.91. The minimum absolute atomic E-state index is 0.0443. The Labute approximate surface area is 129 Å². The Hall–Kier alpha value is -1.84. The molecule has 3 aliphatic rings. The van der Waals surface area contributed by atoms with Gasteiger partial charge in [0, 0.05) is 17.4 Å².